The summed E-state index contributed by atoms with van der Waals surface area (Å²) in [6, 6.07) is 15.6. The van der Waals surface area contributed by atoms with Crippen LogP contribution in [0.4, 0.5) is 5.82 Å². The molecule has 0 spiro atoms. The molecule has 46 heavy (non-hydrogen) atoms. The maximum atomic E-state index is 9.90. The third-order valence-electron chi connectivity index (χ3n) is 8.57. The fourth-order valence-electron chi connectivity index (χ4n) is 6.18. The van der Waals surface area contributed by atoms with Crippen molar-refractivity contribution in [2.45, 2.75) is 46.4 Å². The molecule has 4 heterocycles. The van der Waals surface area contributed by atoms with Gasteiger partial charge >= 0.3 is 0 Å². The number of likely N-dealkylation sites (tertiary alicyclic amines) is 1. The number of benzene rings is 2. The lowest BCUT2D eigenvalue weighted by molar-refractivity contribution is 0.175. The second-order valence-electron chi connectivity index (χ2n) is 11.6. The summed E-state index contributed by atoms with van der Waals surface area (Å²) >= 11 is 0. The second-order valence-corrected chi connectivity index (χ2v) is 11.6. The van der Waals surface area contributed by atoms with Crippen LogP contribution in [0.3, 0.4) is 0 Å². The van der Waals surface area contributed by atoms with E-state index in [1.807, 2.05) is 45.2 Å². The van der Waals surface area contributed by atoms with E-state index in [1.165, 1.54) is 0 Å². The van der Waals surface area contributed by atoms with Crippen LogP contribution in [0.25, 0.3) is 39.0 Å². The highest BCUT2D eigenvalue weighted by atomic mass is 16.3. The van der Waals surface area contributed by atoms with E-state index in [0.29, 0.717) is 40.5 Å². The Morgan fingerprint density at radius 3 is 2.78 bits per heavy atom. The maximum absolute atomic E-state index is 9.90. The number of β-amino-alcohol motifs (C(OH)–C–C–N with tert-alkyl or cyclic N) is 1. The van der Waals surface area contributed by atoms with Gasteiger partial charge in [0.15, 0.2) is 11.4 Å². The van der Waals surface area contributed by atoms with Crippen molar-refractivity contribution in [1.29, 1.82) is 5.26 Å². The Morgan fingerprint density at radius 1 is 1.22 bits per heavy atom. The summed E-state index contributed by atoms with van der Waals surface area (Å²) in [5, 5.41) is 33.6. The molecule has 9 nitrogen and oxygen atoms in total. The van der Waals surface area contributed by atoms with Crippen LogP contribution < -0.4 is 5.32 Å². The molecule has 6 rings (SSSR count). The van der Waals surface area contributed by atoms with Crippen LogP contribution in [0.1, 0.15) is 48.1 Å². The van der Waals surface area contributed by atoms with Crippen molar-refractivity contribution < 1.29 is 14.6 Å². The predicted molar refractivity (Wildman–Crippen MR) is 180 cm³/mol. The van der Waals surface area contributed by atoms with Gasteiger partial charge in [-0.25, -0.2) is 9.97 Å². The third kappa shape index (κ3) is 5.94. The lowest BCUT2D eigenvalue weighted by atomic mass is 9.91. The predicted octanol–water partition coefficient (Wildman–Crippen LogP) is 6.65. The molecule has 3 N–H and O–H groups in total. The van der Waals surface area contributed by atoms with Crippen molar-refractivity contribution in [1.82, 2.24) is 19.9 Å². The van der Waals surface area contributed by atoms with Crippen LogP contribution in [0.2, 0.25) is 0 Å². The summed E-state index contributed by atoms with van der Waals surface area (Å²) in [6.45, 7) is 12.3. The van der Waals surface area contributed by atoms with Crippen molar-refractivity contribution >= 4 is 33.4 Å². The minimum Gasteiger partial charge on any atom is -0.435 e. The third-order valence-corrected chi connectivity index (χ3v) is 8.57. The largest absolute Gasteiger partial charge is 0.435 e. The van der Waals surface area contributed by atoms with Gasteiger partial charge in [0.25, 0.3) is 0 Å². The Hall–Kier alpha value is -5.14. The number of anilines is 1. The molecule has 232 valence electrons. The molecule has 1 atom stereocenters. The first-order chi connectivity index (χ1) is 22.3. The number of aliphatic hydroxyl groups excluding tert-OH is 2. The van der Waals surface area contributed by atoms with E-state index in [1.54, 1.807) is 24.4 Å². The SMILES string of the molecule is C=C/C(Nc1nccc2cc(CN3CC[C@@H](O)C3)cnc12)=C(C)\C(=C/C)c1cccc(-c2nc3cc(CO)cc(C#N)c3o2)c1C. The van der Waals surface area contributed by atoms with Gasteiger partial charge in [0.05, 0.1) is 18.3 Å². The molecule has 9 heteroatoms. The lowest BCUT2D eigenvalue weighted by Gasteiger charge is -2.18. The Balaban J connectivity index is 1.32. The van der Waals surface area contributed by atoms with Crippen molar-refractivity contribution in [2.75, 3.05) is 18.4 Å². The van der Waals surface area contributed by atoms with Gasteiger partial charge in [-0.1, -0.05) is 24.8 Å². The number of pyridine rings is 2. The van der Waals surface area contributed by atoms with Gasteiger partial charge in [0, 0.05) is 48.7 Å². The summed E-state index contributed by atoms with van der Waals surface area (Å²) in [4.78, 5) is 16.3. The lowest BCUT2D eigenvalue weighted by Crippen LogP contribution is -2.21. The Kier molecular flexibility index (Phi) is 8.77. The summed E-state index contributed by atoms with van der Waals surface area (Å²) in [5.74, 6) is 1.05. The molecule has 0 bridgehead atoms. The number of aromatic nitrogens is 3. The number of nitriles is 1. The zero-order chi connectivity index (χ0) is 32.4. The Morgan fingerprint density at radius 2 is 2.07 bits per heavy atom. The monoisotopic (exact) mass is 612 g/mol. The van der Waals surface area contributed by atoms with Crippen LogP contribution in [0.15, 0.2) is 89.3 Å². The van der Waals surface area contributed by atoms with E-state index in [9.17, 15) is 15.5 Å². The van der Waals surface area contributed by atoms with Crippen molar-refractivity contribution in [2.24, 2.45) is 0 Å². The minimum absolute atomic E-state index is 0.187. The molecular formula is C37H36N6O3. The normalized spacial score (nSPS) is 16.1. The second kappa shape index (κ2) is 13.1. The van der Waals surface area contributed by atoms with Crippen molar-refractivity contribution in [3.63, 3.8) is 0 Å². The number of aliphatic hydroxyl groups is 2. The number of nitrogens with zero attached hydrogens (tertiary/aromatic N) is 5. The van der Waals surface area contributed by atoms with Gasteiger partial charge < -0.3 is 19.9 Å². The molecule has 1 aliphatic rings. The molecule has 0 amide bonds. The van der Waals surface area contributed by atoms with E-state index in [2.05, 4.69) is 51.0 Å². The number of nitrogens with one attached hydrogen (secondary N) is 1. The average Bonchev–Trinajstić information content (AvgIpc) is 3.69. The van der Waals surface area contributed by atoms with Crippen LogP contribution in [-0.2, 0) is 13.2 Å². The van der Waals surface area contributed by atoms with E-state index in [-0.39, 0.29) is 12.7 Å². The van der Waals surface area contributed by atoms with Gasteiger partial charge in [0.1, 0.15) is 17.1 Å². The average molecular weight is 613 g/mol. The molecule has 0 saturated carbocycles. The quantitative estimate of drug-likeness (QED) is 0.157. The first-order valence-corrected chi connectivity index (χ1v) is 15.3. The minimum atomic E-state index is -0.255. The van der Waals surface area contributed by atoms with E-state index >= 15 is 0 Å². The van der Waals surface area contributed by atoms with Crippen LogP contribution in [-0.4, -0.2) is 49.3 Å². The Labute approximate surface area is 267 Å². The maximum Gasteiger partial charge on any atom is 0.227 e. The number of hydrogen-bond acceptors (Lipinski definition) is 9. The van der Waals surface area contributed by atoms with Gasteiger partial charge in [-0.15, -0.1) is 0 Å². The standard InChI is InChI=1S/C37H36N6O3/c1-5-29(30-8-7-9-31(22(30)3)37-42-33-16-24(21-44)14-27(17-38)35(33)46-37)23(4)32(6-2)41-36-34-26(10-12-39-36)15-25(18-40-34)19-43-13-11-28(45)20-43/h5-10,12,14-16,18,28,44-45H,2,11,13,19-21H2,1,3-4H3,(H,39,41)/b29-5+,32-23+/t28-/m1/s1. The Bertz CT molecular complexity index is 2070. The van der Waals surface area contributed by atoms with Crippen LogP contribution in [0.5, 0.6) is 0 Å². The zero-order valence-corrected chi connectivity index (χ0v) is 26.2. The highest BCUT2D eigenvalue weighted by molar-refractivity contribution is 5.91. The first kappa shape index (κ1) is 30.9. The summed E-state index contributed by atoms with van der Waals surface area (Å²) in [7, 11) is 0. The topological polar surface area (TPSA) is 131 Å². The number of hydrogen-bond donors (Lipinski definition) is 3. The smallest absolute Gasteiger partial charge is 0.227 e. The molecule has 0 radical (unpaired) electrons. The summed E-state index contributed by atoms with van der Waals surface area (Å²) in [5.41, 5.74) is 9.27. The van der Waals surface area contributed by atoms with E-state index < -0.39 is 0 Å². The highest BCUT2D eigenvalue weighted by Gasteiger charge is 2.21. The fourth-order valence-corrected chi connectivity index (χ4v) is 6.18. The highest BCUT2D eigenvalue weighted by Crippen LogP contribution is 2.36. The molecule has 3 aromatic heterocycles. The van der Waals surface area contributed by atoms with Crippen molar-refractivity contribution in [3.05, 3.63) is 113 Å². The molecule has 1 aliphatic heterocycles. The molecule has 5 aromatic rings. The van der Waals surface area contributed by atoms with Gasteiger partial charge in [-0.3, -0.25) is 9.88 Å². The number of allylic oxidation sites excluding steroid dienone is 4. The van der Waals surface area contributed by atoms with Gasteiger partial charge in [-0.05, 0) is 97.0 Å². The van der Waals surface area contributed by atoms with E-state index in [0.717, 1.165) is 69.5 Å². The van der Waals surface area contributed by atoms with Crippen LogP contribution >= 0.6 is 0 Å². The molecule has 1 saturated heterocycles. The van der Waals surface area contributed by atoms with Crippen molar-refractivity contribution in [3.8, 4) is 17.5 Å². The first-order valence-electron chi connectivity index (χ1n) is 15.3. The number of fused-ring (bicyclic) bond motifs is 2. The fraction of sp³-hybridized carbons (Fsp3) is 0.243. The van der Waals surface area contributed by atoms with Crippen LogP contribution in [0, 0.1) is 18.3 Å². The molecule has 2 aromatic carbocycles. The molecular weight excluding hydrogens is 576 g/mol. The number of rotatable bonds is 9. The molecule has 0 aliphatic carbocycles. The van der Waals surface area contributed by atoms with Gasteiger partial charge in [0.2, 0.25) is 5.89 Å². The van der Waals surface area contributed by atoms with Gasteiger partial charge in [-0.2, -0.15) is 5.26 Å². The molecule has 1 fully saturated rings. The zero-order valence-electron chi connectivity index (χ0n) is 26.2. The summed E-state index contributed by atoms with van der Waals surface area (Å²) in [6.07, 6.45) is 8.06. The van der Waals surface area contributed by atoms with E-state index in [4.69, 9.17) is 9.40 Å². The summed E-state index contributed by atoms with van der Waals surface area (Å²) < 4.78 is 6.12. The molecule has 0 unspecified atom stereocenters. The number of oxazole rings is 1.